The van der Waals surface area contributed by atoms with Gasteiger partial charge >= 0.3 is 5.69 Å². The van der Waals surface area contributed by atoms with E-state index in [1.807, 2.05) is 12.1 Å². The van der Waals surface area contributed by atoms with E-state index < -0.39 is 18.6 Å². The minimum Gasteiger partial charge on any atom is -0.393 e. The van der Waals surface area contributed by atoms with Gasteiger partial charge < -0.3 is 15.5 Å². The van der Waals surface area contributed by atoms with Gasteiger partial charge in [-0.2, -0.15) is 0 Å². The van der Waals surface area contributed by atoms with Gasteiger partial charge in [-0.15, -0.1) is 0 Å². The summed E-state index contributed by atoms with van der Waals surface area (Å²) in [5, 5.41) is 21.3. The molecular weight excluding hydrogens is 360 g/mol. The van der Waals surface area contributed by atoms with Crippen LogP contribution in [0.3, 0.4) is 0 Å². The van der Waals surface area contributed by atoms with Crippen LogP contribution >= 0.6 is 11.6 Å². The minimum absolute atomic E-state index is 0.177. The van der Waals surface area contributed by atoms with Gasteiger partial charge in [0.25, 0.3) is 5.91 Å². The molecule has 1 atom stereocenters. The molecule has 0 bridgehead atoms. The molecule has 0 saturated carbocycles. The first-order chi connectivity index (χ1) is 12.5. The number of nitrogens with zero attached hydrogens (tertiary/aromatic N) is 3. The molecule has 3 rings (SSSR count). The Balaban J connectivity index is 1.85. The molecule has 136 valence electrons. The molecule has 0 aliphatic carbocycles. The maximum Gasteiger partial charge on any atom is 0.336 e. The number of fused-ring (bicyclic) bond motifs is 1. The molecule has 0 aliphatic rings. The predicted octanol–water partition coefficient (Wildman–Crippen LogP) is 0.684. The number of aryl methyl sites for hydroxylation is 2. The van der Waals surface area contributed by atoms with Gasteiger partial charge in [-0.05, 0) is 36.2 Å². The van der Waals surface area contributed by atoms with Gasteiger partial charge in [0.1, 0.15) is 17.8 Å². The number of hydrogen-bond acceptors (Lipinski definition) is 5. The maximum atomic E-state index is 12.7. The van der Waals surface area contributed by atoms with E-state index >= 15 is 0 Å². The van der Waals surface area contributed by atoms with Crippen LogP contribution in [0.1, 0.15) is 5.56 Å². The molecule has 3 aromatic rings. The molecule has 8 nitrogen and oxygen atoms in total. The number of halogens is 1. The van der Waals surface area contributed by atoms with Crippen molar-refractivity contribution in [1.29, 1.82) is 0 Å². The number of carbonyl (C=O) groups excluding carboxylic acids is 1. The first kappa shape index (κ1) is 18.1. The highest BCUT2D eigenvalue weighted by atomic mass is 35.5. The van der Waals surface area contributed by atoms with Gasteiger partial charge in [0, 0.05) is 11.6 Å². The molecule has 9 heteroatoms. The molecule has 0 fully saturated rings. The number of carbonyl (C=O) groups is 1. The van der Waals surface area contributed by atoms with Crippen LogP contribution in [0.25, 0.3) is 5.65 Å². The summed E-state index contributed by atoms with van der Waals surface area (Å²) in [7, 11) is 0. The summed E-state index contributed by atoms with van der Waals surface area (Å²) < 4.78 is 2.67. The second-order valence-electron chi connectivity index (χ2n) is 5.70. The van der Waals surface area contributed by atoms with Crippen molar-refractivity contribution in [3.05, 3.63) is 63.8 Å². The highest BCUT2D eigenvalue weighted by molar-refractivity contribution is 6.30. The lowest BCUT2D eigenvalue weighted by atomic mass is 10.1. The second-order valence-corrected chi connectivity index (χ2v) is 6.13. The summed E-state index contributed by atoms with van der Waals surface area (Å²) in [6.07, 6.45) is 0.488. The zero-order chi connectivity index (χ0) is 18.7. The molecular formula is C17H17ClN4O4. The molecule has 0 aliphatic heterocycles. The van der Waals surface area contributed by atoms with E-state index in [0.29, 0.717) is 23.6 Å². The maximum absolute atomic E-state index is 12.7. The van der Waals surface area contributed by atoms with Gasteiger partial charge in [0.15, 0.2) is 6.10 Å². The van der Waals surface area contributed by atoms with Crippen LogP contribution in [0.2, 0.25) is 5.02 Å². The number of benzene rings is 1. The zero-order valence-electron chi connectivity index (χ0n) is 13.7. The normalized spacial score (nSPS) is 12.3. The number of aliphatic hydroxyl groups is 2. The fourth-order valence-corrected chi connectivity index (χ4v) is 2.60. The topological polar surface area (TPSA) is 109 Å². The van der Waals surface area contributed by atoms with Crippen LogP contribution < -0.4 is 11.0 Å². The van der Waals surface area contributed by atoms with E-state index in [4.69, 9.17) is 16.7 Å². The number of amides is 1. The standard InChI is InChI=1S/C17H17ClN4O4/c18-12-3-1-11(2-4-12)7-8-21-10-19-14-5-6-15(22(14)17(21)26)20-16(25)13(24)9-23/h1-6,10,13,23-24H,7-9H2,(H,20,25). The van der Waals surface area contributed by atoms with Gasteiger partial charge in [0.2, 0.25) is 0 Å². The number of aliphatic hydroxyl groups excluding tert-OH is 2. The fourth-order valence-electron chi connectivity index (χ4n) is 2.48. The van der Waals surface area contributed by atoms with E-state index in [1.165, 1.54) is 21.4 Å². The molecule has 2 aromatic heterocycles. The number of aromatic nitrogens is 3. The van der Waals surface area contributed by atoms with Crippen LogP contribution in [0.15, 0.2) is 47.5 Å². The summed E-state index contributed by atoms with van der Waals surface area (Å²) in [6.45, 7) is -0.313. The van der Waals surface area contributed by atoms with Crippen LogP contribution in [0, 0.1) is 0 Å². The predicted molar refractivity (Wildman–Crippen MR) is 96.3 cm³/mol. The van der Waals surface area contributed by atoms with Crippen LogP contribution in [-0.2, 0) is 17.8 Å². The average molecular weight is 377 g/mol. The van der Waals surface area contributed by atoms with E-state index in [1.54, 1.807) is 18.2 Å². The largest absolute Gasteiger partial charge is 0.393 e. The Morgan fingerprint density at radius 1 is 1.23 bits per heavy atom. The number of hydrogen-bond donors (Lipinski definition) is 3. The quantitative estimate of drug-likeness (QED) is 0.586. The number of anilines is 1. The fraction of sp³-hybridized carbons (Fsp3) is 0.235. The van der Waals surface area contributed by atoms with Gasteiger partial charge in [-0.25, -0.2) is 14.2 Å². The Morgan fingerprint density at radius 2 is 1.96 bits per heavy atom. The van der Waals surface area contributed by atoms with E-state index in [9.17, 15) is 14.7 Å². The zero-order valence-corrected chi connectivity index (χ0v) is 14.4. The van der Waals surface area contributed by atoms with Crippen molar-refractivity contribution in [3.8, 4) is 0 Å². The molecule has 0 radical (unpaired) electrons. The van der Waals surface area contributed by atoms with E-state index in [-0.39, 0.29) is 11.5 Å². The highest BCUT2D eigenvalue weighted by Crippen LogP contribution is 2.12. The highest BCUT2D eigenvalue weighted by Gasteiger charge is 2.16. The number of nitrogens with one attached hydrogen (secondary N) is 1. The summed E-state index contributed by atoms with van der Waals surface area (Å²) in [6, 6.07) is 10.4. The van der Waals surface area contributed by atoms with Gasteiger partial charge in [-0.3, -0.25) is 9.36 Å². The Labute approximate surface area is 153 Å². The molecule has 2 heterocycles. The summed E-state index contributed by atoms with van der Waals surface area (Å²) in [4.78, 5) is 28.7. The Hall–Kier alpha value is -2.68. The lowest BCUT2D eigenvalue weighted by Crippen LogP contribution is -2.33. The first-order valence-corrected chi connectivity index (χ1v) is 8.28. The molecule has 1 aromatic carbocycles. The van der Waals surface area contributed by atoms with Crippen molar-refractivity contribution < 1.29 is 15.0 Å². The third kappa shape index (κ3) is 3.77. The van der Waals surface area contributed by atoms with E-state index in [2.05, 4.69) is 10.3 Å². The molecule has 0 spiro atoms. The van der Waals surface area contributed by atoms with Crippen LogP contribution in [0.4, 0.5) is 5.82 Å². The van der Waals surface area contributed by atoms with E-state index in [0.717, 1.165) is 5.56 Å². The van der Waals surface area contributed by atoms with Crippen LogP contribution in [-0.4, -0.2) is 42.8 Å². The smallest absolute Gasteiger partial charge is 0.336 e. The van der Waals surface area contributed by atoms with Crippen molar-refractivity contribution in [2.75, 3.05) is 11.9 Å². The second kappa shape index (κ2) is 7.69. The van der Waals surface area contributed by atoms with Crippen molar-refractivity contribution in [3.63, 3.8) is 0 Å². The lowest BCUT2D eigenvalue weighted by molar-refractivity contribution is -0.125. The Kier molecular flexibility index (Phi) is 5.36. The van der Waals surface area contributed by atoms with Crippen molar-refractivity contribution in [1.82, 2.24) is 14.0 Å². The van der Waals surface area contributed by atoms with Crippen molar-refractivity contribution in [2.45, 2.75) is 19.1 Å². The third-order valence-electron chi connectivity index (χ3n) is 3.91. The lowest BCUT2D eigenvalue weighted by Gasteiger charge is -2.10. The van der Waals surface area contributed by atoms with Gasteiger partial charge in [-0.1, -0.05) is 23.7 Å². The summed E-state index contributed by atoms with van der Waals surface area (Å²) in [5.41, 5.74) is 1.02. The first-order valence-electron chi connectivity index (χ1n) is 7.90. The average Bonchev–Trinajstić information content (AvgIpc) is 3.05. The van der Waals surface area contributed by atoms with Gasteiger partial charge in [0.05, 0.1) is 6.61 Å². The molecule has 1 unspecified atom stereocenters. The third-order valence-corrected chi connectivity index (χ3v) is 4.16. The SMILES string of the molecule is O=C(Nc1ccc2ncn(CCc3ccc(Cl)cc3)c(=O)n12)C(O)CO. The number of rotatable bonds is 6. The monoisotopic (exact) mass is 376 g/mol. The minimum atomic E-state index is -1.57. The Bertz CT molecular complexity index is 981. The van der Waals surface area contributed by atoms with Crippen LogP contribution in [0.5, 0.6) is 0 Å². The summed E-state index contributed by atoms with van der Waals surface area (Å²) in [5.74, 6) is -0.626. The Morgan fingerprint density at radius 3 is 2.65 bits per heavy atom. The molecule has 1 amide bonds. The molecule has 26 heavy (non-hydrogen) atoms. The molecule has 0 saturated heterocycles. The summed E-state index contributed by atoms with van der Waals surface area (Å²) >= 11 is 5.86. The van der Waals surface area contributed by atoms with Crippen molar-refractivity contribution >= 4 is 29.0 Å². The van der Waals surface area contributed by atoms with Crippen molar-refractivity contribution in [2.24, 2.45) is 0 Å². The molecule has 3 N–H and O–H groups in total.